The van der Waals surface area contributed by atoms with E-state index in [1.165, 1.54) is 70.6 Å². The highest BCUT2D eigenvalue weighted by Gasteiger charge is 2.35. The normalized spacial score (nSPS) is 16.8. The van der Waals surface area contributed by atoms with Gasteiger partial charge in [-0.3, -0.25) is 0 Å². The molecule has 1 atom stereocenters. The first-order valence-electron chi connectivity index (χ1n) is 14.9. The second-order valence-electron chi connectivity index (χ2n) is 12.3. The molecule has 0 saturated heterocycles. The number of benzene rings is 5. The van der Waals surface area contributed by atoms with E-state index in [4.69, 9.17) is 0 Å². The maximum atomic E-state index is 2.43. The van der Waals surface area contributed by atoms with Crippen molar-refractivity contribution in [2.24, 2.45) is 5.92 Å². The Bertz CT molecular complexity index is 2050. The predicted molar refractivity (Wildman–Crippen MR) is 182 cm³/mol. The summed E-state index contributed by atoms with van der Waals surface area (Å²) in [5, 5.41) is 2.68. The molecule has 1 aromatic heterocycles. The number of thiophene rings is 1. The lowest BCUT2D eigenvalue weighted by Crippen LogP contribution is -2.19. The quantitative estimate of drug-likeness (QED) is 0.208. The first kappa shape index (κ1) is 25.3. The Morgan fingerprint density at radius 3 is 2.21 bits per heavy atom. The average Bonchev–Trinajstić information content (AvgIpc) is 3.50. The van der Waals surface area contributed by atoms with E-state index in [1.807, 2.05) is 11.3 Å². The topological polar surface area (TPSA) is 3.24 Å². The number of nitrogens with zero attached hydrogens (tertiary/aromatic N) is 1. The number of rotatable bonds is 4. The van der Waals surface area contributed by atoms with Crippen LogP contribution in [0.15, 0.2) is 133 Å². The third-order valence-corrected chi connectivity index (χ3v) is 10.4. The molecule has 2 aliphatic rings. The molecule has 2 aliphatic carbocycles. The van der Waals surface area contributed by atoms with Gasteiger partial charge < -0.3 is 4.90 Å². The monoisotopic (exact) mass is 559 g/mol. The molecular weight excluding hydrogens is 527 g/mol. The summed E-state index contributed by atoms with van der Waals surface area (Å²) in [6, 6.07) is 40.7. The fourth-order valence-corrected chi connectivity index (χ4v) is 7.96. The van der Waals surface area contributed by atoms with Crippen molar-refractivity contribution in [1.82, 2.24) is 0 Å². The Hall–Kier alpha value is -4.40. The van der Waals surface area contributed by atoms with Crippen molar-refractivity contribution >= 4 is 42.9 Å². The molecule has 2 heteroatoms. The highest BCUT2D eigenvalue weighted by Crippen LogP contribution is 2.50. The van der Waals surface area contributed by atoms with Crippen LogP contribution in [0, 0.1) is 5.92 Å². The number of hydrogen-bond acceptors (Lipinski definition) is 2. The third-order valence-electron chi connectivity index (χ3n) is 9.21. The van der Waals surface area contributed by atoms with Crippen LogP contribution in [-0.4, -0.2) is 0 Å². The van der Waals surface area contributed by atoms with E-state index in [0.29, 0.717) is 5.92 Å². The zero-order chi connectivity index (χ0) is 28.4. The molecule has 1 heterocycles. The van der Waals surface area contributed by atoms with Gasteiger partial charge >= 0.3 is 0 Å². The first-order chi connectivity index (χ1) is 20.5. The molecule has 42 heavy (non-hydrogen) atoms. The van der Waals surface area contributed by atoms with Crippen molar-refractivity contribution in [1.29, 1.82) is 0 Å². The van der Waals surface area contributed by atoms with E-state index in [-0.39, 0.29) is 5.41 Å². The van der Waals surface area contributed by atoms with Crippen molar-refractivity contribution in [3.05, 3.63) is 144 Å². The standard InChI is InChI=1S/C40H33NS/c1-26-12-17-29(18-13-26)41(31-21-22-33-32-8-4-6-10-36(32)40(2,3)37(33)25-31)30-19-14-27(15-20-30)28-16-23-39-35(24-28)34-9-5-7-11-38(34)42-39/h4-12,14-26H,13H2,1-3H3. The van der Waals surface area contributed by atoms with Gasteiger partial charge in [0.2, 0.25) is 0 Å². The number of fused-ring (bicyclic) bond motifs is 6. The summed E-state index contributed by atoms with van der Waals surface area (Å²) in [4.78, 5) is 2.43. The molecule has 1 nitrogen and oxygen atoms in total. The molecule has 0 radical (unpaired) electrons. The van der Waals surface area contributed by atoms with Gasteiger partial charge in [0.05, 0.1) is 0 Å². The zero-order valence-corrected chi connectivity index (χ0v) is 25.1. The summed E-state index contributed by atoms with van der Waals surface area (Å²) < 4.78 is 2.69. The summed E-state index contributed by atoms with van der Waals surface area (Å²) in [6.07, 6.45) is 8.08. The SMILES string of the molecule is CC1C=CC(N(c2ccc(-c3ccc4sc5ccccc5c4c3)cc2)c2ccc3c(c2)C(C)(C)c2ccccc2-3)=CC1. The van der Waals surface area contributed by atoms with E-state index in [1.54, 1.807) is 0 Å². The highest BCUT2D eigenvalue weighted by atomic mass is 32.1. The molecule has 8 rings (SSSR count). The van der Waals surface area contributed by atoms with Crippen LogP contribution in [0.4, 0.5) is 11.4 Å². The van der Waals surface area contributed by atoms with Gasteiger partial charge in [-0.2, -0.15) is 0 Å². The molecule has 6 aromatic rings. The van der Waals surface area contributed by atoms with Crippen LogP contribution < -0.4 is 4.90 Å². The molecule has 0 bridgehead atoms. The van der Waals surface area contributed by atoms with Crippen LogP contribution in [0.25, 0.3) is 42.4 Å². The second-order valence-corrected chi connectivity index (χ2v) is 13.4. The molecule has 5 aromatic carbocycles. The lowest BCUT2D eigenvalue weighted by Gasteiger charge is -2.30. The number of hydrogen-bond donors (Lipinski definition) is 0. The Morgan fingerprint density at radius 1 is 0.667 bits per heavy atom. The van der Waals surface area contributed by atoms with Crippen molar-refractivity contribution in [2.45, 2.75) is 32.6 Å². The third kappa shape index (κ3) is 3.97. The van der Waals surface area contributed by atoms with Crippen molar-refractivity contribution in [3.63, 3.8) is 0 Å². The molecular formula is C40H33NS. The van der Waals surface area contributed by atoms with Gasteiger partial charge in [-0.25, -0.2) is 0 Å². The Balaban J connectivity index is 1.21. The molecule has 204 valence electrons. The predicted octanol–water partition coefficient (Wildman–Crippen LogP) is 11.6. The van der Waals surface area contributed by atoms with Crippen LogP contribution in [-0.2, 0) is 5.41 Å². The van der Waals surface area contributed by atoms with Gasteiger partial charge in [-0.1, -0.05) is 99.7 Å². The summed E-state index contributed by atoms with van der Waals surface area (Å²) >= 11 is 1.87. The van der Waals surface area contributed by atoms with Crippen LogP contribution in [0.5, 0.6) is 0 Å². The smallest absolute Gasteiger partial charge is 0.0464 e. The summed E-state index contributed by atoms with van der Waals surface area (Å²) in [6.45, 7) is 7.00. The van der Waals surface area contributed by atoms with Crippen molar-refractivity contribution < 1.29 is 0 Å². The lowest BCUT2D eigenvalue weighted by molar-refractivity contribution is 0.660. The van der Waals surface area contributed by atoms with Crippen LogP contribution in [0.3, 0.4) is 0 Å². The molecule has 0 fully saturated rings. The van der Waals surface area contributed by atoms with E-state index in [2.05, 4.69) is 153 Å². The second kappa shape index (κ2) is 9.58. The van der Waals surface area contributed by atoms with Crippen molar-refractivity contribution in [2.75, 3.05) is 4.90 Å². The average molecular weight is 560 g/mol. The van der Waals surface area contributed by atoms with E-state index < -0.39 is 0 Å². The van der Waals surface area contributed by atoms with Gasteiger partial charge in [-0.15, -0.1) is 11.3 Å². The minimum Gasteiger partial charge on any atom is -0.311 e. The van der Waals surface area contributed by atoms with Gasteiger partial charge in [0.25, 0.3) is 0 Å². The first-order valence-corrected chi connectivity index (χ1v) is 15.7. The van der Waals surface area contributed by atoms with Gasteiger partial charge in [0.1, 0.15) is 0 Å². The van der Waals surface area contributed by atoms with Crippen molar-refractivity contribution in [3.8, 4) is 22.3 Å². The summed E-state index contributed by atoms with van der Waals surface area (Å²) in [7, 11) is 0. The van der Waals surface area contributed by atoms with Gasteiger partial charge in [0, 0.05) is 42.7 Å². The molecule has 0 aliphatic heterocycles. The van der Waals surface area contributed by atoms with Gasteiger partial charge in [-0.05, 0) is 94.3 Å². The minimum atomic E-state index is -0.0345. The summed E-state index contributed by atoms with van der Waals surface area (Å²) in [5.74, 6) is 0.564. The Kier molecular flexibility index (Phi) is 5.77. The molecule has 1 unspecified atom stereocenters. The molecule has 0 saturated carbocycles. The number of anilines is 2. The highest BCUT2D eigenvalue weighted by molar-refractivity contribution is 7.25. The lowest BCUT2D eigenvalue weighted by atomic mass is 9.82. The van der Waals surface area contributed by atoms with E-state index in [9.17, 15) is 0 Å². The zero-order valence-electron chi connectivity index (χ0n) is 24.3. The molecule has 0 amide bonds. The fourth-order valence-electron chi connectivity index (χ4n) is 6.87. The fraction of sp³-hybridized carbons (Fsp3) is 0.150. The molecule has 0 N–H and O–H groups in total. The Morgan fingerprint density at radius 2 is 1.38 bits per heavy atom. The van der Waals surface area contributed by atoms with Crippen LogP contribution in [0.2, 0.25) is 0 Å². The van der Waals surface area contributed by atoms with E-state index >= 15 is 0 Å². The maximum Gasteiger partial charge on any atom is 0.0464 e. The van der Waals surface area contributed by atoms with Crippen LogP contribution >= 0.6 is 11.3 Å². The molecule has 0 spiro atoms. The minimum absolute atomic E-state index is 0.0345. The van der Waals surface area contributed by atoms with Gasteiger partial charge in [0.15, 0.2) is 0 Å². The summed E-state index contributed by atoms with van der Waals surface area (Å²) in [5.41, 5.74) is 11.6. The Labute approximate surface area is 252 Å². The van der Waals surface area contributed by atoms with Crippen LogP contribution in [0.1, 0.15) is 38.3 Å². The van der Waals surface area contributed by atoms with E-state index in [0.717, 1.165) is 6.42 Å². The largest absolute Gasteiger partial charge is 0.311 e. The number of allylic oxidation sites excluding steroid dienone is 3. The maximum absolute atomic E-state index is 2.43.